The molecule has 0 N–H and O–H groups in total. The van der Waals surface area contributed by atoms with Crippen LogP contribution < -0.4 is 4.90 Å². The molecule has 2 aromatic rings. The van der Waals surface area contributed by atoms with E-state index in [0.717, 1.165) is 10.5 Å². The zero-order chi connectivity index (χ0) is 14.8. The Morgan fingerprint density at radius 3 is 2.76 bits per heavy atom. The second-order valence-corrected chi connectivity index (χ2v) is 5.08. The van der Waals surface area contributed by atoms with E-state index in [-0.39, 0.29) is 18.2 Å². The smallest absolute Gasteiger partial charge is 0.261 e. The lowest BCUT2D eigenvalue weighted by Crippen LogP contribution is -2.28. The largest absolute Gasteiger partial charge is 0.274 e. The average molecular weight is 299 g/mol. The highest BCUT2D eigenvalue weighted by molar-refractivity contribution is 6.32. The molecule has 1 aliphatic heterocycles. The number of hydrogen-bond acceptors (Lipinski definition) is 3. The Morgan fingerprint density at radius 2 is 2.05 bits per heavy atom. The van der Waals surface area contributed by atoms with Gasteiger partial charge in [-0.25, -0.2) is 4.90 Å². The second-order valence-electron chi connectivity index (χ2n) is 4.65. The van der Waals surface area contributed by atoms with E-state index in [4.69, 9.17) is 11.6 Å². The first-order valence-corrected chi connectivity index (χ1v) is 6.76. The fourth-order valence-corrected chi connectivity index (χ4v) is 2.41. The molecule has 1 aromatic carbocycles. The third-order valence-electron chi connectivity index (χ3n) is 3.16. The summed E-state index contributed by atoms with van der Waals surface area (Å²) in [5.74, 6) is -0.566. The van der Waals surface area contributed by atoms with Crippen LogP contribution in [0.2, 0.25) is 5.02 Å². The highest BCUT2D eigenvalue weighted by Gasteiger charge is 2.34. The van der Waals surface area contributed by atoms with Gasteiger partial charge in [-0.3, -0.25) is 14.6 Å². The van der Waals surface area contributed by atoms with Crippen molar-refractivity contribution in [1.29, 1.82) is 0 Å². The molecule has 0 radical (unpaired) electrons. The van der Waals surface area contributed by atoms with Gasteiger partial charge in [-0.15, -0.1) is 0 Å². The summed E-state index contributed by atoms with van der Waals surface area (Å²) in [4.78, 5) is 29.7. The normalized spacial score (nSPS) is 16.8. The van der Waals surface area contributed by atoms with Gasteiger partial charge in [-0.1, -0.05) is 23.7 Å². The fraction of sp³-hybridized carbons (Fsp3) is 0.0625. The molecule has 1 fully saturated rings. The molecule has 0 saturated carbocycles. The van der Waals surface area contributed by atoms with Crippen LogP contribution in [-0.4, -0.2) is 16.8 Å². The summed E-state index contributed by atoms with van der Waals surface area (Å²) in [5.41, 5.74) is 1.74. The van der Waals surface area contributed by atoms with Crippen LogP contribution in [0.5, 0.6) is 0 Å². The highest BCUT2D eigenvalue weighted by Crippen LogP contribution is 2.28. The minimum Gasteiger partial charge on any atom is -0.274 e. The van der Waals surface area contributed by atoms with Gasteiger partial charge in [0.2, 0.25) is 5.91 Å². The summed E-state index contributed by atoms with van der Waals surface area (Å²) < 4.78 is 0. The van der Waals surface area contributed by atoms with Crippen LogP contribution in [-0.2, 0) is 9.59 Å². The maximum Gasteiger partial charge on any atom is 0.261 e. The third-order valence-corrected chi connectivity index (χ3v) is 3.40. The topological polar surface area (TPSA) is 50.3 Å². The first-order chi connectivity index (χ1) is 10.1. The van der Waals surface area contributed by atoms with Crippen molar-refractivity contribution in [3.63, 3.8) is 0 Å². The van der Waals surface area contributed by atoms with Crippen LogP contribution >= 0.6 is 11.6 Å². The zero-order valence-electron chi connectivity index (χ0n) is 11.0. The molecule has 104 valence electrons. The lowest BCUT2D eigenvalue weighted by atomic mass is 10.1. The van der Waals surface area contributed by atoms with Gasteiger partial charge in [0.15, 0.2) is 0 Å². The van der Waals surface area contributed by atoms with Crippen molar-refractivity contribution in [2.75, 3.05) is 4.90 Å². The molecule has 0 aliphatic carbocycles. The molecule has 0 unspecified atom stereocenters. The van der Waals surface area contributed by atoms with E-state index >= 15 is 0 Å². The standard InChI is InChI=1S/C16H11ClN2O2/c17-13-4-1-5-14(9-13)19-15(20)8-12(16(19)21)7-11-3-2-6-18-10-11/h1-7,9-10H,8H2/b12-7-. The predicted molar refractivity (Wildman–Crippen MR) is 80.8 cm³/mol. The molecule has 3 rings (SSSR count). The number of anilines is 1. The lowest BCUT2D eigenvalue weighted by Gasteiger charge is -2.13. The summed E-state index contributed by atoms with van der Waals surface area (Å²) in [6.45, 7) is 0. The molecule has 0 spiro atoms. The number of pyridine rings is 1. The van der Waals surface area contributed by atoms with Crippen LogP contribution in [0.15, 0.2) is 54.4 Å². The van der Waals surface area contributed by atoms with Gasteiger partial charge in [0.1, 0.15) is 0 Å². The van der Waals surface area contributed by atoms with E-state index in [1.54, 1.807) is 48.8 Å². The number of imide groups is 1. The van der Waals surface area contributed by atoms with Crippen molar-refractivity contribution in [1.82, 2.24) is 4.98 Å². The number of hydrogen-bond donors (Lipinski definition) is 0. The van der Waals surface area contributed by atoms with Crippen LogP contribution in [0, 0.1) is 0 Å². The Balaban J connectivity index is 1.94. The first-order valence-electron chi connectivity index (χ1n) is 6.38. The Hall–Kier alpha value is -2.46. The van der Waals surface area contributed by atoms with Gasteiger partial charge in [0.25, 0.3) is 5.91 Å². The van der Waals surface area contributed by atoms with Gasteiger partial charge >= 0.3 is 0 Å². The van der Waals surface area contributed by atoms with E-state index in [1.165, 1.54) is 0 Å². The van der Waals surface area contributed by atoms with Gasteiger partial charge < -0.3 is 0 Å². The number of aromatic nitrogens is 1. The molecule has 1 aliphatic rings. The quantitative estimate of drug-likeness (QED) is 0.632. The van der Waals surface area contributed by atoms with E-state index in [2.05, 4.69) is 4.98 Å². The Kier molecular flexibility index (Phi) is 3.54. The Labute approximate surface area is 126 Å². The monoisotopic (exact) mass is 298 g/mol. The number of nitrogens with zero attached hydrogens (tertiary/aromatic N) is 2. The number of rotatable bonds is 2. The average Bonchev–Trinajstić information content (AvgIpc) is 2.74. The molecule has 21 heavy (non-hydrogen) atoms. The summed E-state index contributed by atoms with van der Waals surface area (Å²) >= 11 is 5.91. The summed E-state index contributed by atoms with van der Waals surface area (Å²) in [7, 11) is 0. The molecule has 2 heterocycles. The van der Waals surface area contributed by atoms with Crippen LogP contribution in [0.25, 0.3) is 6.08 Å². The molecular weight excluding hydrogens is 288 g/mol. The van der Waals surface area contributed by atoms with Crippen molar-refractivity contribution in [2.45, 2.75) is 6.42 Å². The maximum absolute atomic E-state index is 12.4. The van der Waals surface area contributed by atoms with E-state index < -0.39 is 0 Å². The lowest BCUT2D eigenvalue weighted by molar-refractivity contribution is -0.120. The molecule has 0 atom stereocenters. The second kappa shape index (κ2) is 5.50. The Morgan fingerprint density at radius 1 is 1.19 bits per heavy atom. The van der Waals surface area contributed by atoms with Gasteiger partial charge in [-0.05, 0) is 35.9 Å². The summed E-state index contributed by atoms with van der Waals surface area (Å²) in [5, 5.41) is 0.484. The molecule has 0 bridgehead atoms. The minimum atomic E-state index is -0.314. The third kappa shape index (κ3) is 2.71. The summed E-state index contributed by atoms with van der Waals surface area (Å²) in [6.07, 6.45) is 5.08. The molecule has 1 saturated heterocycles. The van der Waals surface area contributed by atoms with Crippen molar-refractivity contribution >= 4 is 35.2 Å². The SMILES string of the molecule is O=C1C/C(=C/c2cccnc2)C(=O)N1c1cccc(Cl)c1. The number of benzene rings is 1. The number of amides is 2. The van der Waals surface area contributed by atoms with E-state index in [1.807, 2.05) is 6.07 Å². The molecule has 2 amide bonds. The molecular formula is C16H11ClN2O2. The number of halogens is 1. The van der Waals surface area contributed by atoms with Gasteiger partial charge in [0.05, 0.1) is 12.1 Å². The van der Waals surface area contributed by atoms with Crippen LogP contribution in [0.1, 0.15) is 12.0 Å². The van der Waals surface area contributed by atoms with Crippen molar-refractivity contribution < 1.29 is 9.59 Å². The van der Waals surface area contributed by atoms with E-state index in [9.17, 15) is 9.59 Å². The molecule has 1 aromatic heterocycles. The first kappa shape index (κ1) is 13.5. The van der Waals surface area contributed by atoms with Crippen molar-refractivity contribution in [3.05, 3.63) is 65.0 Å². The number of carbonyl (C=O) groups is 2. The highest BCUT2D eigenvalue weighted by atomic mass is 35.5. The molecule has 5 heteroatoms. The zero-order valence-corrected chi connectivity index (χ0v) is 11.7. The Bertz CT molecular complexity index is 741. The summed E-state index contributed by atoms with van der Waals surface area (Å²) in [6, 6.07) is 10.3. The fourth-order valence-electron chi connectivity index (χ4n) is 2.23. The van der Waals surface area contributed by atoms with Gasteiger partial charge in [-0.2, -0.15) is 0 Å². The van der Waals surface area contributed by atoms with Crippen molar-refractivity contribution in [2.24, 2.45) is 0 Å². The van der Waals surface area contributed by atoms with Crippen molar-refractivity contribution in [3.8, 4) is 0 Å². The number of carbonyl (C=O) groups excluding carboxylic acids is 2. The van der Waals surface area contributed by atoms with E-state index in [0.29, 0.717) is 16.3 Å². The predicted octanol–water partition coefficient (Wildman–Crippen LogP) is 3.08. The van der Waals surface area contributed by atoms with Crippen LogP contribution in [0.4, 0.5) is 5.69 Å². The van der Waals surface area contributed by atoms with Gasteiger partial charge in [0, 0.05) is 23.0 Å². The minimum absolute atomic E-state index is 0.0836. The maximum atomic E-state index is 12.4. The van der Waals surface area contributed by atoms with Crippen LogP contribution in [0.3, 0.4) is 0 Å². The molecule has 4 nitrogen and oxygen atoms in total.